The fraction of sp³-hybridized carbons (Fsp3) is 0.190. The molecular weight excluding hydrogens is 374 g/mol. The summed E-state index contributed by atoms with van der Waals surface area (Å²) in [5.41, 5.74) is 4.99. The molecule has 1 aliphatic rings. The van der Waals surface area contributed by atoms with Gasteiger partial charge in [0, 0.05) is 16.5 Å². The Bertz CT molecular complexity index is 1090. The molecule has 7 heteroatoms. The molecule has 2 amide bonds. The number of rotatable bonds is 3. The highest BCUT2D eigenvalue weighted by Gasteiger charge is 2.24. The van der Waals surface area contributed by atoms with Crippen molar-refractivity contribution in [3.05, 3.63) is 58.5 Å². The molecule has 0 radical (unpaired) electrons. The highest BCUT2D eigenvalue weighted by Crippen LogP contribution is 2.35. The van der Waals surface area contributed by atoms with Crippen molar-refractivity contribution in [3.8, 4) is 17.0 Å². The molecule has 1 atom stereocenters. The van der Waals surface area contributed by atoms with Gasteiger partial charge in [0.1, 0.15) is 5.75 Å². The Morgan fingerprint density at radius 2 is 2.00 bits per heavy atom. The van der Waals surface area contributed by atoms with E-state index in [9.17, 15) is 9.59 Å². The van der Waals surface area contributed by atoms with E-state index in [4.69, 9.17) is 4.74 Å². The molecule has 142 valence electrons. The normalized spacial score (nSPS) is 15.4. The van der Waals surface area contributed by atoms with Crippen molar-refractivity contribution >= 4 is 34.0 Å². The smallest absolute Gasteiger partial charge is 0.265 e. The number of amides is 2. The van der Waals surface area contributed by atoms with Crippen molar-refractivity contribution in [1.82, 2.24) is 4.98 Å². The van der Waals surface area contributed by atoms with Crippen LogP contribution in [-0.2, 0) is 4.79 Å². The summed E-state index contributed by atoms with van der Waals surface area (Å²) in [6.07, 6.45) is -0.509. The predicted octanol–water partition coefficient (Wildman–Crippen LogP) is 4.40. The highest BCUT2D eigenvalue weighted by molar-refractivity contribution is 7.14. The van der Waals surface area contributed by atoms with Gasteiger partial charge in [-0.2, -0.15) is 0 Å². The van der Waals surface area contributed by atoms with Crippen molar-refractivity contribution in [3.63, 3.8) is 0 Å². The molecule has 1 aromatic heterocycles. The first-order valence-corrected chi connectivity index (χ1v) is 9.75. The molecule has 0 saturated carbocycles. The number of carbonyl (C=O) groups excluding carboxylic acids is 2. The Morgan fingerprint density at radius 1 is 1.18 bits per heavy atom. The molecule has 0 fully saturated rings. The maximum Gasteiger partial charge on any atom is 0.265 e. The molecule has 0 saturated heterocycles. The summed E-state index contributed by atoms with van der Waals surface area (Å²) in [6.45, 7) is 5.70. The van der Waals surface area contributed by atoms with Gasteiger partial charge in [-0.05, 0) is 62.2 Å². The third kappa shape index (κ3) is 3.48. The number of aryl methyl sites for hydroxylation is 2. The molecular formula is C21H19N3O3S. The van der Waals surface area contributed by atoms with Gasteiger partial charge in [0.05, 0.1) is 11.4 Å². The van der Waals surface area contributed by atoms with Gasteiger partial charge in [0.15, 0.2) is 11.2 Å². The van der Waals surface area contributed by atoms with Crippen LogP contribution in [0.15, 0.2) is 41.8 Å². The third-order valence-corrected chi connectivity index (χ3v) is 5.46. The molecule has 0 bridgehead atoms. The number of aromatic nitrogens is 1. The molecule has 1 aliphatic heterocycles. The fourth-order valence-corrected chi connectivity index (χ4v) is 3.60. The lowest BCUT2D eigenvalue weighted by Crippen LogP contribution is -2.34. The van der Waals surface area contributed by atoms with Crippen molar-refractivity contribution < 1.29 is 14.3 Å². The Balaban J connectivity index is 1.53. The molecule has 3 aromatic rings. The van der Waals surface area contributed by atoms with Crippen LogP contribution in [0, 0.1) is 13.8 Å². The number of fused-ring (bicyclic) bond motifs is 1. The number of ether oxygens (including phenoxy) is 1. The van der Waals surface area contributed by atoms with Crippen LogP contribution in [0.4, 0.5) is 10.8 Å². The van der Waals surface area contributed by atoms with Crippen LogP contribution >= 0.6 is 11.3 Å². The first kappa shape index (κ1) is 18.2. The second kappa shape index (κ2) is 7.09. The second-order valence-electron chi connectivity index (χ2n) is 6.75. The summed E-state index contributed by atoms with van der Waals surface area (Å²) < 4.78 is 5.57. The second-order valence-corrected chi connectivity index (χ2v) is 7.61. The van der Waals surface area contributed by atoms with Gasteiger partial charge in [-0.3, -0.25) is 14.9 Å². The molecule has 0 spiro atoms. The number of nitrogens with one attached hydrogen (secondary N) is 2. The van der Waals surface area contributed by atoms with E-state index in [0.717, 1.165) is 22.4 Å². The third-order valence-electron chi connectivity index (χ3n) is 4.70. The molecule has 0 unspecified atom stereocenters. The number of hydrogen-bond donors (Lipinski definition) is 2. The summed E-state index contributed by atoms with van der Waals surface area (Å²) in [5.74, 6) is 0.266. The zero-order valence-electron chi connectivity index (χ0n) is 15.7. The Labute approximate surface area is 166 Å². The zero-order valence-corrected chi connectivity index (χ0v) is 16.5. The zero-order chi connectivity index (χ0) is 19.8. The Kier molecular flexibility index (Phi) is 4.60. The first-order chi connectivity index (χ1) is 13.4. The minimum atomic E-state index is -0.509. The van der Waals surface area contributed by atoms with Crippen LogP contribution in [0.5, 0.6) is 5.75 Å². The van der Waals surface area contributed by atoms with E-state index in [1.165, 1.54) is 11.3 Å². The Hall–Kier alpha value is -3.19. The largest absolute Gasteiger partial charge is 0.479 e. The van der Waals surface area contributed by atoms with Gasteiger partial charge < -0.3 is 10.1 Å². The molecule has 2 N–H and O–H groups in total. The van der Waals surface area contributed by atoms with Crippen LogP contribution in [0.2, 0.25) is 0 Å². The van der Waals surface area contributed by atoms with Crippen LogP contribution < -0.4 is 15.4 Å². The van der Waals surface area contributed by atoms with E-state index < -0.39 is 6.10 Å². The monoisotopic (exact) mass is 393 g/mol. The van der Waals surface area contributed by atoms with E-state index in [1.54, 1.807) is 13.0 Å². The van der Waals surface area contributed by atoms with Crippen LogP contribution in [0.1, 0.15) is 28.4 Å². The molecule has 4 rings (SSSR count). The maximum atomic E-state index is 12.5. The van der Waals surface area contributed by atoms with Crippen LogP contribution in [-0.4, -0.2) is 22.9 Å². The first-order valence-electron chi connectivity index (χ1n) is 8.87. The number of nitrogens with zero attached hydrogens (tertiary/aromatic N) is 1. The molecule has 6 nitrogen and oxygen atoms in total. The van der Waals surface area contributed by atoms with Gasteiger partial charge >= 0.3 is 0 Å². The highest BCUT2D eigenvalue weighted by atomic mass is 32.1. The van der Waals surface area contributed by atoms with Gasteiger partial charge in [-0.1, -0.05) is 6.07 Å². The summed E-state index contributed by atoms with van der Waals surface area (Å²) in [4.78, 5) is 28.8. The summed E-state index contributed by atoms with van der Waals surface area (Å²) >= 11 is 1.35. The van der Waals surface area contributed by atoms with Gasteiger partial charge in [-0.15, -0.1) is 11.3 Å². The average Bonchev–Trinajstić information content (AvgIpc) is 3.13. The lowest BCUT2D eigenvalue weighted by Gasteiger charge is -2.23. The lowest BCUT2D eigenvalue weighted by molar-refractivity contribution is -0.122. The number of carbonyl (C=O) groups is 2. The van der Waals surface area contributed by atoms with Crippen LogP contribution in [0.3, 0.4) is 0 Å². The molecule has 28 heavy (non-hydrogen) atoms. The van der Waals surface area contributed by atoms with Gasteiger partial charge in [0.2, 0.25) is 0 Å². The summed E-state index contributed by atoms with van der Waals surface area (Å²) in [5, 5.41) is 8.06. The quantitative estimate of drug-likeness (QED) is 0.691. The predicted molar refractivity (Wildman–Crippen MR) is 110 cm³/mol. The minimum Gasteiger partial charge on any atom is -0.479 e. The van der Waals surface area contributed by atoms with Crippen molar-refractivity contribution in [2.45, 2.75) is 26.9 Å². The van der Waals surface area contributed by atoms with E-state index in [-0.39, 0.29) is 11.8 Å². The Morgan fingerprint density at radius 3 is 2.79 bits per heavy atom. The summed E-state index contributed by atoms with van der Waals surface area (Å²) in [7, 11) is 0. The molecule has 0 aliphatic carbocycles. The SMILES string of the molecule is Cc1ccc(C(=O)Nc2nc(-c3ccc4c(c3)NC(=O)[C@H](C)O4)cs2)cc1C. The van der Waals surface area contributed by atoms with Crippen LogP contribution in [0.25, 0.3) is 11.3 Å². The van der Waals surface area contributed by atoms with Crippen molar-refractivity contribution in [2.24, 2.45) is 0 Å². The van der Waals surface area contributed by atoms with Gasteiger partial charge in [-0.25, -0.2) is 4.98 Å². The van der Waals surface area contributed by atoms with E-state index >= 15 is 0 Å². The number of hydrogen-bond acceptors (Lipinski definition) is 5. The van der Waals surface area contributed by atoms with E-state index in [2.05, 4.69) is 15.6 Å². The number of thiazole rings is 1. The maximum absolute atomic E-state index is 12.5. The number of anilines is 2. The standard InChI is InChI=1S/C21H19N3O3S/c1-11-4-5-15(8-12(11)2)20(26)24-21-23-17(10-28-21)14-6-7-18-16(9-14)22-19(25)13(3)27-18/h4-10,13H,1-3H3,(H,22,25)(H,23,24,26)/t13-/m0/s1. The van der Waals surface area contributed by atoms with E-state index in [0.29, 0.717) is 22.1 Å². The molecule has 2 heterocycles. The average molecular weight is 393 g/mol. The van der Waals surface area contributed by atoms with Crippen molar-refractivity contribution in [2.75, 3.05) is 10.6 Å². The van der Waals surface area contributed by atoms with Crippen molar-refractivity contribution in [1.29, 1.82) is 0 Å². The fourth-order valence-electron chi connectivity index (χ4n) is 2.88. The lowest BCUT2D eigenvalue weighted by atomic mass is 10.1. The number of benzene rings is 2. The topological polar surface area (TPSA) is 80.3 Å². The minimum absolute atomic E-state index is 0.177. The van der Waals surface area contributed by atoms with E-state index in [1.807, 2.05) is 49.6 Å². The van der Waals surface area contributed by atoms with Gasteiger partial charge in [0.25, 0.3) is 11.8 Å². The molecule has 2 aromatic carbocycles. The summed E-state index contributed by atoms with van der Waals surface area (Å²) in [6, 6.07) is 11.1.